The van der Waals surface area contributed by atoms with Crippen LogP contribution >= 0.6 is 0 Å². The van der Waals surface area contributed by atoms with Crippen molar-refractivity contribution in [2.75, 3.05) is 0 Å². The van der Waals surface area contributed by atoms with E-state index < -0.39 is 10.3 Å². The van der Waals surface area contributed by atoms with Gasteiger partial charge in [-0.25, -0.2) is 13.1 Å². The van der Waals surface area contributed by atoms with Gasteiger partial charge in [-0.05, 0) is 12.8 Å². The summed E-state index contributed by atoms with van der Waals surface area (Å²) in [5.41, 5.74) is 0. The van der Waals surface area contributed by atoms with E-state index in [-0.39, 0.29) is 24.9 Å². The summed E-state index contributed by atoms with van der Waals surface area (Å²) in [6.45, 7) is 0. The van der Waals surface area contributed by atoms with Crippen LogP contribution in [0.15, 0.2) is 0 Å². The summed E-state index contributed by atoms with van der Waals surface area (Å²) in [4.78, 5) is 0. The average Bonchev–Trinajstić information content (AvgIpc) is 2.12. The standard InChI is InChI=1S/C5H11NO3S.Li/c7-10(8,9)6-5-3-1-2-4-5;/h5-6H,1-4H2,(H,7,8,9);/q;+1/p-1. The van der Waals surface area contributed by atoms with E-state index in [1.807, 2.05) is 4.72 Å². The van der Waals surface area contributed by atoms with Gasteiger partial charge >= 0.3 is 18.9 Å². The van der Waals surface area contributed by atoms with Gasteiger partial charge in [-0.3, -0.25) is 0 Å². The minimum Gasteiger partial charge on any atom is -0.735 e. The van der Waals surface area contributed by atoms with Crippen LogP contribution in [0.1, 0.15) is 25.7 Å². The molecule has 0 aromatic heterocycles. The van der Waals surface area contributed by atoms with Gasteiger partial charge in [-0.1, -0.05) is 12.8 Å². The molecule has 0 aliphatic heterocycles. The Labute approximate surface area is 78.8 Å². The Morgan fingerprint density at radius 1 is 1.27 bits per heavy atom. The van der Waals surface area contributed by atoms with E-state index in [2.05, 4.69) is 0 Å². The van der Waals surface area contributed by atoms with E-state index in [4.69, 9.17) is 0 Å². The van der Waals surface area contributed by atoms with Crippen molar-refractivity contribution < 1.29 is 31.8 Å². The molecule has 0 atom stereocenters. The summed E-state index contributed by atoms with van der Waals surface area (Å²) >= 11 is 0. The van der Waals surface area contributed by atoms with Crippen molar-refractivity contribution in [2.24, 2.45) is 0 Å². The maximum atomic E-state index is 10.1. The first kappa shape index (κ1) is 11.5. The molecule has 1 saturated carbocycles. The summed E-state index contributed by atoms with van der Waals surface area (Å²) in [5.74, 6) is 0. The molecule has 0 bridgehead atoms. The Balaban J connectivity index is 0.000001000. The van der Waals surface area contributed by atoms with Crippen molar-refractivity contribution in [3.05, 3.63) is 0 Å². The molecule has 0 aromatic carbocycles. The first-order chi connectivity index (χ1) is 4.58. The van der Waals surface area contributed by atoms with Gasteiger partial charge in [-0.15, -0.1) is 0 Å². The van der Waals surface area contributed by atoms with Crippen LogP contribution in [-0.4, -0.2) is 19.0 Å². The molecule has 0 amide bonds. The van der Waals surface area contributed by atoms with Crippen LogP contribution < -0.4 is 23.6 Å². The number of hydrogen-bond acceptors (Lipinski definition) is 3. The van der Waals surface area contributed by atoms with Gasteiger partial charge in [0, 0.05) is 6.04 Å². The molecule has 1 aliphatic rings. The van der Waals surface area contributed by atoms with Gasteiger partial charge in [0.25, 0.3) is 0 Å². The third-order valence-electron chi connectivity index (χ3n) is 1.67. The zero-order valence-electron chi connectivity index (χ0n) is 6.54. The molecule has 0 saturated heterocycles. The van der Waals surface area contributed by atoms with E-state index in [9.17, 15) is 13.0 Å². The molecule has 1 fully saturated rings. The fourth-order valence-corrected chi connectivity index (χ4v) is 1.89. The quantitative estimate of drug-likeness (QED) is 0.355. The van der Waals surface area contributed by atoms with Crippen molar-refractivity contribution in [1.29, 1.82) is 0 Å². The van der Waals surface area contributed by atoms with Gasteiger partial charge in [0.1, 0.15) is 0 Å². The van der Waals surface area contributed by atoms with E-state index in [0.717, 1.165) is 25.7 Å². The number of nitrogens with one attached hydrogen (secondary N) is 1. The molecule has 1 N–H and O–H groups in total. The molecule has 60 valence electrons. The molecule has 11 heavy (non-hydrogen) atoms. The van der Waals surface area contributed by atoms with E-state index in [1.54, 1.807) is 0 Å². The smallest absolute Gasteiger partial charge is 0.735 e. The zero-order valence-corrected chi connectivity index (χ0v) is 7.36. The largest absolute Gasteiger partial charge is 1.00 e. The zero-order chi connectivity index (χ0) is 7.61. The fraction of sp³-hybridized carbons (Fsp3) is 1.00. The third kappa shape index (κ3) is 4.83. The van der Waals surface area contributed by atoms with Crippen LogP contribution in [0.4, 0.5) is 0 Å². The van der Waals surface area contributed by atoms with Crippen LogP contribution in [0.3, 0.4) is 0 Å². The van der Waals surface area contributed by atoms with Gasteiger partial charge in [0.2, 0.25) is 0 Å². The monoisotopic (exact) mass is 171 g/mol. The van der Waals surface area contributed by atoms with E-state index in [0.29, 0.717) is 0 Å². The Hall–Kier alpha value is 0.467. The molecular weight excluding hydrogens is 161 g/mol. The van der Waals surface area contributed by atoms with E-state index in [1.165, 1.54) is 0 Å². The molecule has 6 heteroatoms. The number of rotatable bonds is 2. The Bertz CT molecular complexity index is 198. The summed E-state index contributed by atoms with van der Waals surface area (Å²) in [7, 11) is -4.21. The summed E-state index contributed by atoms with van der Waals surface area (Å²) < 4.78 is 32.4. The summed E-state index contributed by atoms with van der Waals surface area (Å²) in [6.07, 6.45) is 3.66. The van der Waals surface area contributed by atoms with Crippen LogP contribution in [-0.2, 0) is 10.3 Å². The molecule has 1 aliphatic carbocycles. The SMILES string of the molecule is O=S(=O)([O-])NC1CCCC1.[Li+]. The topological polar surface area (TPSA) is 69.2 Å². The summed E-state index contributed by atoms with van der Waals surface area (Å²) in [6, 6.07) is -0.0949. The third-order valence-corrected chi connectivity index (χ3v) is 2.29. The van der Waals surface area contributed by atoms with Gasteiger partial charge < -0.3 is 4.55 Å². The Morgan fingerprint density at radius 2 is 1.73 bits per heavy atom. The molecular formula is C5H10LiNO3S. The molecule has 1 rings (SSSR count). The predicted molar refractivity (Wildman–Crippen MR) is 35.1 cm³/mol. The van der Waals surface area contributed by atoms with Crippen molar-refractivity contribution in [2.45, 2.75) is 31.7 Å². The second kappa shape index (κ2) is 4.48. The Morgan fingerprint density at radius 3 is 2.09 bits per heavy atom. The van der Waals surface area contributed by atoms with Crippen LogP contribution in [0, 0.1) is 0 Å². The summed E-state index contributed by atoms with van der Waals surface area (Å²) in [5, 5.41) is 0. The molecule has 0 radical (unpaired) electrons. The van der Waals surface area contributed by atoms with Gasteiger partial charge in [-0.2, -0.15) is 0 Å². The molecule has 0 heterocycles. The van der Waals surface area contributed by atoms with Crippen LogP contribution in [0.2, 0.25) is 0 Å². The maximum Gasteiger partial charge on any atom is 1.00 e. The fourth-order valence-electron chi connectivity index (χ4n) is 1.25. The van der Waals surface area contributed by atoms with Crippen molar-refractivity contribution in [1.82, 2.24) is 4.72 Å². The normalized spacial score (nSPS) is 19.7. The molecule has 0 aromatic rings. The van der Waals surface area contributed by atoms with Gasteiger partial charge in [0.15, 0.2) is 10.3 Å². The minimum absolute atomic E-state index is 0. The van der Waals surface area contributed by atoms with Crippen molar-refractivity contribution in [3.8, 4) is 0 Å². The minimum atomic E-state index is -4.21. The second-order valence-electron chi connectivity index (χ2n) is 2.55. The maximum absolute atomic E-state index is 10.1. The molecule has 0 spiro atoms. The second-order valence-corrected chi connectivity index (χ2v) is 3.70. The molecule has 4 nitrogen and oxygen atoms in total. The predicted octanol–water partition coefficient (Wildman–Crippen LogP) is -3.02. The number of hydrogen-bond donors (Lipinski definition) is 1. The van der Waals surface area contributed by atoms with Crippen LogP contribution in [0.5, 0.6) is 0 Å². The molecule has 0 unspecified atom stereocenters. The van der Waals surface area contributed by atoms with Gasteiger partial charge in [0.05, 0.1) is 0 Å². The average molecular weight is 171 g/mol. The first-order valence-electron chi connectivity index (χ1n) is 3.31. The Kier molecular flexibility index (Phi) is 4.67. The van der Waals surface area contributed by atoms with Crippen molar-refractivity contribution in [3.63, 3.8) is 0 Å². The first-order valence-corrected chi connectivity index (χ1v) is 4.72. The van der Waals surface area contributed by atoms with Crippen molar-refractivity contribution >= 4 is 10.3 Å². The van der Waals surface area contributed by atoms with Crippen LogP contribution in [0.25, 0.3) is 0 Å². The van der Waals surface area contributed by atoms with E-state index >= 15 is 0 Å².